The largest absolute Gasteiger partial charge is 0.394 e. The van der Waals surface area contributed by atoms with Gasteiger partial charge in [0.1, 0.15) is 12.9 Å². The van der Waals surface area contributed by atoms with Gasteiger partial charge in [-0.1, -0.05) is 0 Å². The second-order valence-electron chi connectivity index (χ2n) is 4.51. The number of hydrogen-bond donors (Lipinski definition) is 1. The molecule has 96 valence electrons. The van der Waals surface area contributed by atoms with Crippen molar-refractivity contribution in [2.75, 3.05) is 20.5 Å². The van der Waals surface area contributed by atoms with Crippen LogP contribution in [0.25, 0.3) is 0 Å². The highest BCUT2D eigenvalue weighted by Gasteiger charge is 2.37. The fourth-order valence-electron chi connectivity index (χ4n) is 1.96. The normalized spacial score (nSPS) is 31.3. The molecule has 5 heteroatoms. The van der Waals surface area contributed by atoms with Gasteiger partial charge in [0.05, 0.1) is 18.8 Å². The molecule has 0 aromatic rings. The van der Waals surface area contributed by atoms with Crippen molar-refractivity contribution in [1.82, 2.24) is 0 Å². The van der Waals surface area contributed by atoms with E-state index < -0.39 is 5.79 Å². The molecule has 1 rings (SSSR count). The third-order valence-electron chi connectivity index (χ3n) is 2.48. The van der Waals surface area contributed by atoms with Crippen molar-refractivity contribution in [3.8, 4) is 0 Å². The minimum Gasteiger partial charge on any atom is -0.394 e. The number of rotatable bonds is 5. The first-order valence-corrected chi connectivity index (χ1v) is 5.55. The van der Waals surface area contributed by atoms with Gasteiger partial charge in [0.15, 0.2) is 5.79 Å². The second-order valence-corrected chi connectivity index (χ2v) is 4.51. The Balaban J connectivity index is 2.55. The Labute approximate surface area is 96.6 Å². The number of aliphatic hydroxyl groups excluding tert-OH is 1. The Hall–Kier alpha value is -0.200. The molecule has 0 saturated carbocycles. The summed E-state index contributed by atoms with van der Waals surface area (Å²) in [5.41, 5.74) is 0. The van der Waals surface area contributed by atoms with Gasteiger partial charge in [0.25, 0.3) is 0 Å². The van der Waals surface area contributed by atoms with Crippen molar-refractivity contribution in [2.45, 2.75) is 51.3 Å². The minimum absolute atomic E-state index is 0.0865. The molecule has 1 fully saturated rings. The number of hydrogen-bond acceptors (Lipinski definition) is 5. The Morgan fingerprint density at radius 1 is 1.44 bits per heavy atom. The molecule has 1 heterocycles. The molecule has 1 aliphatic heterocycles. The van der Waals surface area contributed by atoms with Gasteiger partial charge in [0.2, 0.25) is 0 Å². The number of methoxy groups -OCH3 is 1. The zero-order chi connectivity index (χ0) is 12.2. The highest BCUT2D eigenvalue weighted by molar-refractivity contribution is 4.79. The van der Waals surface area contributed by atoms with Crippen molar-refractivity contribution in [2.24, 2.45) is 0 Å². The van der Waals surface area contributed by atoms with Gasteiger partial charge < -0.3 is 24.1 Å². The van der Waals surface area contributed by atoms with Crippen LogP contribution in [0, 0.1) is 0 Å². The van der Waals surface area contributed by atoms with E-state index >= 15 is 0 Å². The van der Waals surface area contributed by atoms with E-state index in [4.69, 9.17) is 18.9 Å². The summed E-state index contributed by atoms with van der Waals surface area (Å²) >= 11 is 0. The monoisotopic (exact) mass is 234 g/mol. The molecule has 0 aliphatic carbocycles. The van der Waals surface area contributed by atoms with Crippen LogP contribution in [0.3, 0.4) is 0 Å². The molecule has 16 heavy (non-hydrogen) atoms. The van der Waals surface area contributed by atoms with E-state index in [1.54, 1.807) is 7.11 Å². The van der Waals surface area contributed by atoms with E-state index in [0.29, 0.717) is 6.42 Å². The van der Waals surface area contributed by atoms with Gasteiger partial charge in [-0.3, -0.25) is 0 Å². The van der Waals surface area contributed by atoms with Crippen molar-refractivity contribution in [3.05, 3.63) is 0 Å². The molecule has 1 saturated heterocycles. The summed E-state index contributed by atoms with van der Waals surface area (Å²) in [6.45, 7) is 5.78. The summed E-state index contributed by atoms with van der Waals surface area (Å²) in [7, 11) is 1.55. The molecule has 1 aliphatic rings. The van der Waals surface area contributed by atoms with E-state index in [2.05, 4.69) is 0 Å². The molecular weight excluding hydrogens is 212 g/mol. The molecule has 0 spiro atoms. The van der Waals surface area contributed by atoms with Crippen molar-refractivity contribution in [1.29, 1.82) is 0 Å². The fraction of sp³-hybridized carbons (Fsp3) is 1.00. The van der Waals surface area contributed by atoms with Gasteiger partial charge in [-0.2, -0.15) is 0 Å². The molecule has 1 N–H and O–H groups in total. The Morgan fingerprint density at radius 3 is 2.62 bits per heavy atom. The summed E-state index contributed by atoms with van der Waals surface area (Å²) in [6.07, 6.45) is 0.261. The van der Waals surface area contributed by atoms with E-state index in [9.17, 15) is 5.11 Å². The summed E-state index contributed by atoms with van der Waals surface area (Å²) in [5, 5.41) is 9.26. The van der Waals surface area contributed by atoms with Crippen molar-refractivity contribution >= 4 is 0 Å². The molecule has 0 unspecified atom stereocenters. The second kappa shape index (κ2) is 5.93. The minimum atomic E-state index is -0.633. The maximum Gasteiger partial charge on any atom is 0.163 e. The first-order valence-electron chi connectivity index (χ1n) is 5.55. The maximum atomic E-state index is 9.26. The maximum absolute atomic E-state index is 9.26. The molecule has 0 aromatic carbocycles. The highest BCUT2D eigenvalue weighted by atomic mass is 16.7. The van der Waals surface area contributed by atoms with Gasteiger partial charge in [0, 0.05) is 13.5 Å². The van der Waals surface area contributed by atoms with Crippen LogP contribution in [-0.4, -0.2) is 49.7 Å². The van der Waals surface area contributed by atoms with Crippen molar-refractivity contribution < 1.29 is 24.1 Å². The average molecular weight is 234 g/mol. The van der Waals surface area contributed by atoms with E-state index in [0.717, 1.165) is 0 Å². The molecule has 0 radical (unpaired) electrons. The first-order chi connectivity index (χ1) is 7.48. The molecule has 5 nitrogen and oxygen atoms in total. The van der Waals surface area contributed by atoms with E-state index in [1.807, 2.05) is 20.8 Å². The highest BCUT2D eigenvalue weighted by Crippen LogP contribution is 2.28. The van der Waals surface area contributed by atoms with Crippen LogP contribution in [0.2, 0.25) is 0 Å². The summed E-state index contributed by atoms with van der Waals surface area (Å²) in [6, 6.07) is 0. The van der Waals surface area contributed by atoms with Gasteiger partial charge >= 0.3 is 0 Å². The lowest BCUT2D eigenvalue weighted by Gasteiger charge is -2.41. The molecule has 0 amide bonds. The number of ether oxygens (including phenoxy) is 4. The molecular formula is C11H22O5. The van der Waals surface area contributed by atoms with Crippen LogP contribution in [0.5, 0.6) is 0 Å². The topological polar surface area (TPSA) is 57.2 Å². The van der Waals surface area contributed by atoms with Crippen molar-refractivity contribution in [3.63, 3.8) is 0 Å². The van der Waals surface area contributed by atoms with Crippen LogP contribution in [0.15, 0.2) is 0 Å². The summed E-state index contributed by atoms with van der Waals surface area (Å²) in [5.74, 6) is -0.633. The smallest absolute Gasteiger partial charge is 0.163 e. The summed E-state index contributed by atoms with van der Waals surface area (Å²) < 4.78 is 21.5. The summed E-state index contributed by atoms with van der Waals surface area (Å²) in [4.78, 5) is 0. The SMILES string of the molecule is COCO[C@H](CO)[C@@H]1C[C@H](C)OC(C)(C)O1. The third kappa shape index (κ3) is 3.99. The average Bonchev–Trinajstić information content (AvgIpc) is 2.15. The standard InChI is InChI=1S/C11H22O5/c1-8-5-9(16-11(2,3)15-8)10(6-12)14-7-13-4/h8-10,12H,5-7H2,1-4H3/t8-,9-,10+/m0/s1. The molecule has 0 aromatic heterocycles. The zero-order valence-electron chi connectivity index (χ0n) is 10.4. The quantitative estimate of drug-likeness (QED) is 0.716. The zero-order valence-corrected chi connectivity index (χ0v) is 10.4. The first kappa shape index (κ1) is 13.9. The van der Waals surface area contributed by atoms with Crippen LogP contribution < -0.4 is 0 Å². The molecule has 3 atom stereocenters. The van der Waals surface area contributed by atoms with Gasteiger partial charge in [-0.25, -0.2) is 0 Å². The lowest BCUT2D eigenvalue weighted by Crippen LogP contribution is -2.49. The third-order valence-corrected chi connectivity index (χ3v) is 2.48. The lowest BCUT2D eigenvalue weighted by atomic mass is 10.0. The van der Waals surface area contributed by atoms with Crippen LogP contribution in [-0.2, 0) is 18.9 Å². The predicted octanol–water partition coefficient (Wildman–Crippen LogP) is 0.898. The Kier molecular flexibility index (Phi) is 5.14. The van der Waals surface area contributed by atoms with Gasteiger partial charge in [-0.15, -0.1) is 0 Å². The lowest BCUT2D eigenvalue weighted by molar-refractivity contribution is -0.317. The van der Waals surface area contributed by atoms with Gasteiger partial charge in [-0.05, 0) is 20.8 Å². The number of aliphatic hydroxyl groups is 1. The van der Waals surface area contributed by atoms with Crippen LogP contribution >= 0.6 is 0 Å². The van der Waals surface area contributed by atoms with Crippen LogP contribution in [0.1, 0.15) is 27.2 Å². The predicted molar refractivity (Wildman–Crippen MR) is 58.0 cm³/mol. The van der Waals surface area contributed by atoms with E-state index in [-0.39, 0.29) is 31.7 Å². The fourth-order valence-corrected chi connectivity index (χ4v) is 1.96. The molecule has 0 bridgehead atoms. The Morgan fingerprint density at radius 2 is 2.12 bits per heavy atom. The van der Waals surface area contributed by atoms with Crippen LogP contribution in [0.4, 0.5) is 0 Å². The van der Waals surface area contributed by atoms with E-state index in [1.165, 1.54) is 0 Å². The Bertz CT molecular complexity index is 207.